The summed E-state index contributed by atoms with van der Waals surface area (Å²) >= 11 is 5.67. The van der Waals surface area contributed by atoms with Gasteiger partial charge in [0.2, 0.25) is 5.88 Å². The van der Waals surface area contributed by atoms with Gasteiger partial charge in [-0.25, -0.2) is 9.78 Å². The van der Waals surface area contributed by atoms with Crippen molar-refractivity contribution in [2.75, 3.05) is 0 Å². The number of ether oxygens (including phenoxy) is 1. The van der Waals surface area contributed by atoms with Crippen LogP contribution in [0.4, 0.5) is 0 Å². The van der Waals surface area contributed by atoms with Gasteiger partial charge >= 0.3 is 5.97 Å². The highest BCUT2D eigenvalue weighted by atomic mass is 35.5. The summed E-state index contributed by atoms with van der Waals surface area (Å²) in [5.74, 6) is -0.842. The van der Waals surface area contributed by atoms with Crippen molar-refractivity contribution < 1.29 is 14.6 Å². The van der Waals surface area contributed by atoms with Crippen LogP contribution < -0.4 is 4.74 Å². The van der Waals surface area contributed by atoms with E-state index in [1.165, 1.54) is 12.1 Å². The summed E-state index contributed by atoms with van der Waals surface area (Å²) in [6.07, 6.45) is 0. The first-order chi connectivity index (χ1) is 6.78. The Balaban J connectivity index is 3.04. The molecule has 15 heavy (non-hydrogen) atoms. The average Bonchev–Trinajstić information content (AvgIpc) is 1.99. The molecule has 0 radical (unpaired) electrons. The van der Waals surface area contributed by atoms with E-state index in [0.717, 1.165) is 0 Å². The second-order valence-electron chi connectivity index (χ2n) is 4.04. The maximum atomic E-state index is 10.7. The Labute approximate surface area is 92.8 Å². The quantitative estimate of drug-likeness (QED) is 0.792. The van der Waals surface area contributed by atoms with Crippen molar-refractivity contribution >= 4 is 17.6 Å². The molecule has 1 aromatic heterocycles. The highest BCUT2D eigenvalue weighted by Crippen LogP contribution is 2.20. The summed E-state index contributed by atoms with van der Waals surface area (Å²) in [7, 11) is 0. The minimum Gasteiger partial charge on any atom is -0.478 e. The highest BCUT2D eigenvalue weighted by molar-refractivity contribution is 6.29. The fraction of sp³-hybridized carbons (Fsp3) is 0.400. The molecule has 0 amide bonds. The number of aromatic nitrogens is 1. The molecular weight excluding hydrogens is 218 g/mol. The molecule has 1 N–H and O–H groups in total. The van der Waals surface area contributed by atoms with Crippen LogP contribution in [0.5, 0.6) is 5.88 Å². The number of pyridine rings is 1. The van der Waals surface area contributed by atoms with Gasteiger partial charge in [-0.2, -0.15) is 0 Å². The number of hydrogen-bond acceptors (Lipinski definition) is 3. The predicted octanol–water partition coefficient (Wildman–Crippen LogP) is 2.61. The van der Waals surface area contributed by atoms with Crippen LogP contribution in [-0.4, -0.2) is 21.7 Å². The molecule has 0 fully saturated rings. The Hall–Kier alpha value is -1.29. The molecule has 0 aromatic carbocycles. The molecule has 0 saturated heterocycles. The fourth-order valence-electron chi connectivity index (χ4n) is 0.962. The lowest BCUT2D eigenvalue weighted by Gasteiger charge is -2.20. The van der Waals surface area contributed by atoms with Crippen LogP contribution in [0.2, 0.25) is 5.15 Å². The summed E-state index contributed by atoms with van der Waals surface area (Å²) in [5.41, 5.74) is -0.373. The van der Waals surface area contributed by atoms with E-state index in [4.69, 9.17) is 21.4 Å². The van der Waals surface area contributed by atoms with Gasteiger partial charge in [0.25, 0.3) is 0 Å². The summed E-state index contributed by atoms with van der Waals surface area (Å²) in [6, 6.07) is 2.62. The zero-order valence-electron chi connectivity index (χ0n) is 8.74. The van der Waals surface area contributed by atoms with Crippen LogP contribution >= 0.6 is 11.6 Å². The lowest BCUT2D eigenvalue weighted by atomic mass is 10.2. The van der Waals surface area contributed by atoms with Crippen LogP contribution in [0.1, 0.15) is 31.1 Å². The summed E-state index contributed by atoms with van der Waals surface area (Å²) in [5, 5.41) is 8.90. The number of carbonyl (C=O) groups is 1. The number of halogens is 1. The van der Waals surface area contributed by atoms with Gasteiger partial charge in [-0.05, 0) is 26.8 Å². The average molecular weight is 230 g/mol. The van der Waals surface area contributed by atoms with E-state index in [2.05, 4.69) is 4.98 Å². The number of aromatic carboxylic acids is 1. The molecular formula is C10H12ClNO3. The van der Waals surface area contributed by atoms with Crippen molar-refractivity contribution in [3.8, 4) is 5.88 Å². The Morgan fingerprint density at radius 3 is 2.53 bits per heavy atom. The first-order valence-corrected chi connectivity index (χ1v) is 4.75. The van der Waals surface area contributed by atoms with E-state index in [9.17, 15) is 4.79 Å². The van der Waals surface area contributed by atoms with Gasteiger partial charge in [0.05, 0.1) is 5.56 Å². The zero-order chi connectivity index (χ0) is 11.6. The van der Waals surface area contributed by atoms with Crippen LogP contribution in [-0.2, 0) is 0 Å². The van der Waals surface area contributed by atoms with Crippen molar-refractivity contribution in [2.45, 2.75) is 26.4 Å². The minimum atomic E-state index is -1.06. The van der Waals surface area contributed by atoms with Crippen molar-refractivity contribution in [3.05, 3.63) is 22.8 Å². The van der Waals surface area contributed by atoms with Gasteiger partial charge < -0.3 is 9.84 Å². The molecule has 0 aliphatic carbocycles. The molecule has 0 spiro atoms. The molecule has 0 aliphatic rings. The predicted molar refractivity (Wildman–Crippen MR) is 56.6 cm³/mol. The molecule has 0 aliphatic heterocycles. The maximum absolute atomic E-state index is 10.7. The Bertz CT molecular complexity index is 385. The van der Waals surface area contributed by atoms with E-state index >= 15 is 0 Å². The topological polar surface area (TPSA) is 59.4 Å². The molecule has 0 unspecified atom stereocenters. The second kappa shape index (κ2) is 4.06. The van der Waals surface area contributed by atoms with Crippen LogP contribution in [0.15, 0.2) is 12.1 Å². The summed E-state index contributed by atoms with van der Waals surface area (Å²) in [4.78, 5) is 14.6. The van der Waals surface area contributed by atoms with Gasteiger partial charge in [0, 0.05) is 6.07 Å². The monoisotopic (exact) mass is 229 g/mol. The third kappa shape index (κ3) is 3.75. The number of hydrogen-bond donors (Lipinski definition) is 1. The Kier molecular flexibility index (Phi) is 3.19. The molecule has 5 heteroatoms. The first kappa shape index (κ1) is 11.8. The van der Waals surface area contributed by atoms with Gasteiger partial charge in [-0.1, -0.05) is 11.6 Å². The minimum absolute atomic E-state index is 0.0641. The zero-order valence-corrected chi connectivity index (χ0v) is 9.50. The first-order valence-electron chi connectivity index (χ1n) is 4.38. The van der Waals surface area contributed by atoms with Gasteiger partial charge in [-0.3, -0.25) is 0 Å². The van der Waals surface area contributed by atoms with E-state index in [1.807, 2.05) is 20.8 Å². The molecule has 1 rings (SSSR count). The molecule has 1 aromatic rings. The number of rotatable bonds is 2. The van der Waals surface area contributed by atoms with Crippen molar-refractivity contribution in [2.24, 2.45) is 0 Å². The maximum Gasteiger partial charge on any atom is 0.335 e. The van der Waals surface area contributed by atoms with E-state index < -0.39 is 11.6 Å². The Morgan fingerprint density at radius 2 is 2.07 bits per heavy atom. The molecule has 0 saturated carbocycles. The van der Waals surface area contributed by atoms with Crippen LogP contribution in [0.25, 0.3) is 0 Å². The van der Waals surface area contributed by atoms with Gasteiger partial charge in [0.1, 0.15) is 10.8 Å². The highest BCUT2D eigenvalue weighted by Gasteiger charge is 2.15. The number of carboxylic acid groups (broad SMARTS) is 1. The molecule has 0 bridgehead atoms. The van der Waals surface area contributed by atoms with E-state index in [1.54, 1.807) is 0 Å². The standard InChI is InChI=1S/C10H12ClNO3/c1-10(2,3)15-8-5-6(9(13)14)4-7(11)12-8/h4-5H,1-3H3,(H,13,14). The second-order valence-corrected chi connectivity index (χ2v) is 4.42. The van der Waals surface area contributed by atoms with E-state index in [0.29, 0.717) is 0 Å². The summed E-state index contributed by atoms with van der Waals surface area (Å²) < 4.78 is 5.41. The molecule has 82 valence electrons. The third-order valence-electron chi connectivity index (χ3n) is 1.43. The smallest absolute Gasteiger partial charge is 0.335 e. The fourth-order valence-corrected chi connectivity index (χ4v) is 1.16. The van der Waals surface area contributed by atoms with Crippen molar-refractivity contribution in [3.63, 3.8) is 0 Å². The molecule has 4 nitrogen and oxygen atoms in total. The largest absolute Gasteiger partial charge is 0.478 e. The van der Waals surface area contributed by atoms with E-state index in [-0.39, 0.29) is 16.6 Å². The van der Waals surface area contributed by atoms with Crippen LogP contribution in [0, 0.1) is 0 Å². The summed E-state index contributed by atoms with van der Waals surface area (Å²) in [6.45, 7) is 5.53. The SMILES string of the molecule is CC(C)(C)Oc1cc(C(=O)O)cc(Cl)n1. The number of nitrogens with zero attached hydrogens (tertiary/aromatic N) is 1. The van der Waals surface area contributed by atoms with Crippen LogP contribution in [0.3, 0.4) is 0 Å². The molecule has 0 atom stereocenters. The lowest BCUT2D eigenvalue weighted by molar-refractivity contribution is 0.0693. The van der Waals surface area contributed by atoms with Gasteiger partial charge in [0.15, 0.2) is 0 Å². The lowest BCUT2D eigenvalue weighted by Crippen LogP contribution is -2.23. The normalized spacial score (nSPS) is 11.2. The van der Waals surface area contributed by atoms with Gasteiger partial charge in [-0.15, -0.1) is 0 Å². The van der Waals surface area contributed by atoms with Crippen molar-refractivity contribution in [1.82, 2.24) is 4.98 Å². The molecule has 1 heterocycles. The van der Waals surface area contributed by atoms with Crippen molar-refractivity contribution in [1.29, 1.82) is 0 Å². The number of carboxylic acids is 1. The Morgan fingerprint density at radius 1 is 1.47 bits per heavy atom. The third-order valence-corrected chi connectivity index (χ3v) is 1.62.